The molecule has 20 heavy (non-hydrogen) atoms. The predicted molar refractivity (Wildman–Crippen MR) is 80.4 cm³/mol. The van der Waals surface area contributed by atoms with E-state index in [1.54, 1.807) is 16.7 Å². The van der Waals surface area contributed by atoms with Crippen molar-refractivity contribution in [3.05, 3.63) is 29.8 Å². The second-order valence-electron chi connectivity index (χ2n) is 4.90. The summed E-state index contributed by atoms with van der Waals surface area (Å²) >= 11 is 1.68. The molecule has 2 amide bonds. The van der Waals surface area contributed by atoms with E-state index < -0.39 is 0 Å². The monoisotopic (exact) mass is 292 g/mol. The lowest BCUT2D eigenvalue weighted by Crippen LogP contribution is -2.32. The van der Waals surface area contributed by atoms with Gasteiger partial charge >= 0.3 is 0 Å². The lowest BCUT2D eigenvalue weighted by Gasteiger charge is -2.13. The van der Waals surface area contributed by atoms with Crippen LogP contribution in [0.5, 0.6) is 0 Å². The van der Waals surface area contributed by atoms with E-state index in [0.29, 0.717) is 26.1 Å². The van der Waals surface area contributed by atoms with Crippen LogP contribution in [0.4, 0.5) is 0 Å². The highest BCUT2D eigenvalue weighted by molar-refractivity contribution is 7.98. The topological polar surface area (TPSA) is 49.4 Å². The fourth-order valence-corrected chi connectivity index (χ4v) is 2.85. The summed E-state index contributed by atoms with van der Waals surface area (Å²) < 4.78 is 0. The molecule has 0 saturated carbocycles. The van der Waals surface area contributed by atoms with E-state index in [2.05, 4.69) is 11.4 Å². The van der Waals surface area contributed by atoms with Gasteiger partial charge in [-0.25, -0.2) is 0 Å². The van der Waals surface area contributed by atoms with E-state index in [9.17, 15) is 9.59 Å². The summed E-state index contributed by atoms with van der Waals surface area (Å²) in [6.45, 7) is 3.68. The lowest BCUT2D eigenvalue weighted by molar-refractivity contribution is -0.128. The van der Waals surface area contributed by atoms with Gasteiger partial charge < -0.3 is 10.2 Å². The first-order valence-corrected chi connectivity index (χ1v) is 8.05. The van der Waals surface area contributed by atoms with Crippen molar-refractivity contribution >= 4 is 23.6 Å². The van der Waals surface area contributed by atoms with E-state index in [0.717, 1.165) is 5.56 Å². The third-order valence-corrected chi connectivity index (χ3v) is 4.29. The Labute approximate surface area is 123 Å². The molecule has 1 N–H and O–H groups in total. The van der Waals surface area contributed by atoms with Crippen molar-refractivity contribution in [3.8, 4) is 0 Å². The van der Waals surface area contributed by atoms with E-state index in [1.165, 1.54) is 4.90 Å². The summed E-state index contributed by atoms with van der Waals surface area (Å²) in [6, 6.07) is 8.11. The number of hydrogen-bond donors (Lipinski definition) is 1. The molecule has 2 rings (SSSR count). The molecule has 0 unspecified atom stereocenters. The highest BCUT2D eigenvalue weighted by Crippen LogP contribution is 2.18. The van der Waals surface area contributed by atoms with Crippen molar-refractivity contribution < 1.29 is 9.59 Å². The molecule has 0 bridgehead atoms. The van der Waals surface area contributed by atoms with Crippen LogP contribution in [0.15, 0.2) is 29.2 Å². The summed E-state index contributed by atoms with van der Waals surface area (Å²) in [5.41, 5.74) is 1.09. The van der Waals surface area contributed by atoms with Gasteiger partial charge in [0, 0.05) is 31.0 Å². The largest absolute Gasteiger partial charge is 0.352 e. The van der Waals surface area contributed by atoms with Crippen molar-refractivity contribution in [3.63, 3.8) is 0 Å². The first-order valence-electron chi connectivity index (χ1n) is 6.82. The van der Waals surface area contributed by atoms with Crippen LogP contribution >= 0.6 is 11.8 Å². The molecule has 1 aromatic carbocycles. The number of hydrogen-bond acceptors (Lipinski definition) is 3. The summed E-state index contributed by atoms with van der Waals surface area (Å²) in [5.74, 6) is -0.146. The fourth-order valence-electron chi connectivity index (χ4n) is 2.37. The maximum atomic E-state index is 12.1. The molecule has 1 aliphatic heterocycles. The number of benzene rings is 1. The van der Waals surface area contributed by atoms with Crippen molar-refractivity contribution in [1.29, 1.82) is 0 Å². The maximum Gasteiger partial charge on any atom is 0.225 e. The van der Waals surface area contributed by atoms with E-state index >= 15 is 0 Å². The zero-order chi connectivity index (χ0) is 14.5. The number of likely N-dealkylation sites (tertiary alicyclic amines) is 1. The molecule has 1 saturated heterocycles. The van der Waals surface area contributed by atoms with Gasteiger partial charge in [-0.1, -0.05) is 12.1 Å². The fraction of sp³-hybridized carbons (Fsp3) is 0.467. The maximum absolute atomic E-state index is 12.1. The molecule has 1 aromatic rings. The zero-order valence-corrected chi connectivity index (χ0v) is 12.7. The number of nitrogens with one attached hydrogen (secondary N) is 1. The Hall–Kier alpha value is -1.49. The number of thioether (sulfide) groups is 1. The molecule has 4 nitrogen and oxygen atoms in total. The zero-order valence-electron chi connectivity index (χ0n) is 11.9. The average Bonchev–Trinajstić information content (AvgIpc) is 2.86. The molecule has 1 atom stereocenters. The van der Waals surface area contributed by atoms with Crippen molar-refractivity contribution in [2.24, 2.45) is 5.92 Å². The van der Waals surface area contributed by atoms with Gasteiger partial charge in [0.25, 0.3) is 0 Å². The van der Waals surface area contributed by atoms with Crippen LogP contribution in [0.2, 0.25) is 0 Å². The minimum Gasteiger partial charge on any atom is -0.352 e. The molecular weight excluding hydrogens is 272 g/mol. The summed E-state index contributed by atoms with van der Waals surface area (Å²) in [6.07, 6.45) is 2.37. The highest BCUT2D eigenvalue weighted by Gasteiger charge is 2.33. The van der Waals surface area contributed by atoms with Crippen molar-refractivity contribution in [2.75, 3.05) is 19.3 Å². The van der Waals surface area contributed by atoms with Gasteiger partial charge in [0.15, 0.2) is 0 Å². The molecule has 108 valence electrons. The van der Waals surface area contributed by atoms with Gasteiger partial charge in [-0.05, 0) is 30.9 Å². The Balaban J connectivity index is 1.88. The van der Waals surface area contributed by atoms with Gasteiger partial charge in [0.2, 0.25) is 11.8 Å². The second kappa shape index (κ2) is 6.79. The standard InChI is InChI=1S/C15H20N2O2S/c1-3-17-10-12(8-14(17)18)15(19)16-9-11-5-4-6-13(7-11)20-2/h4-7,12H,3,8-10H2,1-2H3,(H,16,19)/t12-/m0/s1. The van der Waals surface area contributed by atoms with Gasteiger partial charge in [-0.3, -0.25) is 9.59 Å². The van der Waals surface area contributed by atoms with Crippen LogP contribution in [0.3, 0.4) is 0 Å². The molecule has 1 fully saturated rings. The van der Waals surface area contributed by atoms with Crippen molar-refractivity contribution in [2.45, 2.75) is 24.8 Å². The summed E-state index contributed by atoms with van der Waals surface area (Å²) in [7, 11) is 0. The third-order valence-electron chi connectivity index (χ3n) is 3.57. The van der Waals surface area contributed by atoms with Crippen LogP contribution in [0.25, 0.3) is 0 Å². The Morgan fingerprint density at radius 2 is 2.30 bits per heavy atom. The quantitative estimate of drug-likeness (QED) is 0.843. The van der Waals surface area contributed by atoms with E-state index in [-0.39, 0.29) is 17.7 Å². The smallest absolute Gasteiger partial charge is 0.225 e. The average molecular weight is 292 g/mol. The van der Waals surface area contributed by atoms with Crippen LogP contribution < -0.4 is 5.32 Å². The Morgan fingerprint density at radius 1 is 1.50 bits per heavy atom. The molecule has 0 aromatic heterocycles. The van der Waals surface area contributed by atoms with Gasteiger partial charge in [-0.15, -0.1) is 11.8 Å². The molecule has 1 aliphatic rings. The van der Waals surface area contributed by atoms with Crippen LogP contribution in [0.1, 0.15) is 18.9 Å². The number of nitrogens with zero attached hydrogens (tertiary/aromatic N) is 1. The SMILES string of the molecule is CCN1C[C@@H](C(=O)NCc2cccc(SC)c2)CC1=O. The van der Waals surface area contributed by atoms with E-state index in [4.69, 9.17) is 0 Å². The Morgan fingerprint density at radius 3 is 2.95 bits per heavy atom. The molecule has 0 radical (unpaired) electrons. The summed E-state index contributed by atoms with van der Waals surface area (Å²) in [4.78, 5) is 26.6. The van der Waals surface area contributed by atoms with Gasteiger partial charge in [-0.2, -0.15) is 0 Å². The lowest BCUT2D eigenvalue weighted by atomic mass is 10.1. The van der Waals surface area contributed by atoms with Gasteiger partial charge in [0.05, 0.1) is 5.92 Å². The molecule has 1 heterocycles. The minimum atomic E-state index is -0.203. The predicted octanol–water partition coefficient (Wildman–Crippen LogP) is 1.89. The van der Waals surface area contributed by atoms with E-state index in [1.807, 2.05) is 31.4 Å². The minimum absolute atomic E-state index is 0.0242. The Kier molecular flexibility index (Phi) is 5.06. The number of carbonyl (C=O) groups is 2. The first-order chi connectivity index (χ1) is 9.63. The molecular formula is C15H20N2O2S. The van der Waals surface area contributed by atoms with Crippen molar-refractivity contribution in [1.82, 2.24) is 10.2 Å². The number of rotatable bonds is 5. The second-order valence-corrected chi connectivity index (χ2v) is 5.78. The van der Waals surface area contributed by atoms with Crippen LogP contribution in [-0.4, -0.2) is 36.1 Å². The van der Waals surface area contributed by atoms with Gasteiger partial charge in [0.1, 0.15) is 0 Å². The first kappa shape index (κ1) is 14.9. The normalized spacial score (nSPS) is 18.4. The highest BCUT2D eigenvalue weighted by atomic mass is 32.2. The number of carbonyl (C=O) groups excluding carboxylic acids is 2. The molecule has 0 aliphatic carbocycles. The summed E-state index contributed by atoms with van der Waals surface area (Å²) in [5, 5.41) is 2.93. The van der Waals surface area contributed by atoms with Crippen LogP contribution in [-0.2, 0) is 16.1 Å². The Bertz CT molecular complexity index is 504. The number of amides is 2. The third kappa shape index (κ3) is 3.54. The van der Waals surface area contributed by atoms with Crippen LogP contribution in [0, 0.1) is 5.92 Å². The molecule has 0 spiro atoms. The molecule has 5 heteroatoms.